The number of ether oxygens (including phenoxy) is 1. The molecule has 0 saturated heterocycles. The van der Waals surface area contributed by atoms with Gasteiger partial charge in [-0.3, -0.25) is 4.79 Å². The maximum atomic E-state index is 12.0. The molecule has 0 unspecified atom stereocenters. The van der Waals surface area contributed by atoms with Gasteiger partial charge in [-0.2, -0.15) is 8.78 Å². The normalized spacial score (nSPS) is 10.5. The van der Waals surface area contributed by atoms with Gasteiger partial charge in [0.25, 0.3) is 5.91 Å². The molecule has 3 nitrogen and oxygen atoms in total. The van der Waals surface area contributed by atoms with E-state index in [1.54, 1.807) is 0 Å². The summed E-state index contributed by atoms with van der Waals surface area (Å²) >= 11 is 11.6. The maximum Gasteiger partial charge on any atom is 0.387 e. The molecule has 0 aromatic heterocycles. The number of halogens is 4. The fourth-order valence-corrected chi connectivity index (χ4v) is 1.86. The summed E-state index contributed by atoms with van der Waals surface area (Å²) in [5.41, 5.74) is 0.769. The third-order valence-corrected chi connectivity index (χ3v) is 3.26. The molecule has 0 heterocycles. The van der Waals surface area contributed by atoms with Crippen LogP contribution < -0.4 is 10.1 Å². The van der Waals surface area contributed by atoms with Crippen molar-refractivity contribution in [2.75, 3.05) is 5.32 Å². The average molecular weight is 332 g/mol. The van der Waals surface area contributed by atoms with Crippen LogP contribution in [0.2, 0.25) is 10.0 Å². The van der Waals surface area contributed by atoms with E-state index in [2.05, 4.69) is 10.1 Å². The third-order valence-electron chi connectivity index (χ3n) is 2.52. The summed E-state index contributed by atoms with van der Waals surface area (Å²) in [6, 6.07) is 10.0. The number of hydrogen-bond donors (Lipinski definition) is 1. The first-order chi connectivity index (χ1) is 9.95. The number of carbonyl (C=O) groups excluding carboxylic acids is 1. The van der Waals surface area contributed by atoms with E-state index in [0.717, 1.165) is 0 Å². The SMILES string of the molecule is O=C(Nc1ccc(OC(F)F)cc1)c1ccc(Cl)c(Cl)c1. The molecule has 0 saturated carbocycles. The average Bonchev–Trinajstić information content (AvgIpc) is 2.43. The highest BCUT2D eigenvalue weighted by Crippen LogP contribution is 2.23. The van der Waals surface area contributed by atoms with E-state index in [1.165, 1.54) is 42.5 Å². The van der Waals surface area contributed by atoms with Gasteiger partial charge in [0.1, 0.15) is 5.75 Å². The predicted octanol–water partition coefficient (Wildman–Crippen LogP) is 4.85. The van der Waals surface area contributed by atoms with Crippen LogP contribution in [0.4, 0.5) is 14.5 Å². The molecule has 110 valence electrons. The molecule has 0 aliphatic carbocycles. The van der Waals surface area contributed by atoms with Crippen molar-refractivity contribution in [3.05, 3.63) is 58.1 Å². The van der Waals surface area contributed by atoms with Crippen LogP contribution in [0, 0.1) is 0 Å². The first-order valence-electron chi connectivity index (χ1n) is 5.77. The van der Waals surface area contributed by atoms with Crippen molar-refractivity contribution in [2.45, 2.75) is 6.61 Å². The second kappa shape index (κ2) is 6.74. The van der Waals surface area contributed by atoms with E-state index in [0.29, 0.717) is 16.3 Å². The van der Waals surface area contributed by atoms with Crippen LogP contribution in [0.5, 0.6) is 5.75 Å². The minimum absolute atomic E-state index is 0.0116. The summed E-state index contributed by atoms with van der Waals surface area (Å²) in [5.74, 6) is -0.381. The van der Waals surface area contributed by atoms with E-state index in [-0.39, 0.29) is 10.8 Å². The summed E-state index contributed by atoms with van der Waals surface area (Å²) in [7, 11) is 0. The molecular formula is C14H9Cl2F2NO2. The minimum Gasteiger partial charge on any atom is -0.435 e. The van der Waals surface area contributed by atoms with Crippen LogP contribution in [0.3, 0.4) is 0 Å². The summed E-state index contributed by atoms with van der Waals surface area (Å²) in [6.07, 6.45) is 0. The number of nitrogens with one attached hydrogen (secondary N) is 1. The third kappa shape index (κ3) is 4.31. The Hall–Kier alpha value is -1.85. The molecule has 2 aromatic rings. The van der Waals surface area contributed by atoms with Crippen LogP contribution >= 0.6 is 23.2 Å². The maximum absolute atomic E-state index is 12.0. The molecule has 1 N–H and O–H groups in total. The molecular weight excluding hydrogens is 323 g/mol. The zero-order chi connectivity index (χ0) is 15.4. The lowest BCUT2D eigenvalue weighted by molar-refractivity contribution is -0.0498. The smallest absolute Gasteiger partial charge is 0.387 e. The molecule has 21 heavy (non-hydrogen) atoms. The van der Waals surface area contributed by atoms with Gasteiger partial charge in [-0.15, -0.1) is 0 Å². The second-order valence-electron chi connectivity index (χ2n) is 3.99. The first kappa shape index (κ1) is 15.5. The Kier molecular flexibility index (Phi) is 4.98. The van der Waals surface area contributed by atoms with Gasteiger partial charge in [-0.1, -0.05) is 23.2 Å². The van der Waals surface area contributed by atoms with Crippen molar-refractivity contribution in [1.82, 2.24) is 0 Å². The highest BCUT2D eigenvalue weighted by Gasteiger charge is 2.09. The Balaban J connectivity index is 2.06. The molecule has 0 aliphatic heterocycles. The van der Waals surface area contributed by atoms with Gasteiger partial charge in [0.2, 0.25) is 0 Å². The van der Waals surface area contributed by atoms with Crippen LogP contribution in [-0.2, 0) is 0 Å². The topological polar surface area (TPSA) is 38.3 Å². The molecule has 0 bridgehead atoms. The van der Waals surface area contributed by atoms with E-state index in [4.69, 9.17) is 23.2 Å². The lowest BCUT2D eigenvalue weighted by atomic mass is 10.2. The molecule has 0 atom stereocenters. The monoisotopic (exact) mass is 331 g/mol. The Bertz CT molecular complexity index is 648. The number of hydrogen-bond acceptors (Lipinski definition) is 2. The Morgan fingerprint density at radius 2 is 1.71 bits per heavy atom. The summed E-state index contributed by atoms with van der Waals surface area (Å²) in [6.45, 7) is -2.89. The Morgan fingerprint density at radius 1 is 1.05 bits per heavy atom. The Labute approximate surface area is 129 Å². The number of amides is 1. The lowest BCUT2D eigenvalue weighted by Gasteiger charge is -2.08. The first-order valence-corrected chi connectivity index (χ1v) is 6.52. The van der Waals surface area contributed by atoms with Crippen LogP contribution in [0.25, 0.3) is 0 Å². The largest absolute Gasteiger partial charge is 0.435 e. The van der Waals surface area contributed by atoms with Crippen molar-refractivity contribution in [3.63, 3.8) is 0 Å². The van der Waals surface area contributed by atoms with Gasteiger partial charge >= 0.3 is 6.61 Å². The van der Waals surface area contributed by atoms with Gasteiger partial charge < -0.3 is 10.1 Å². The van der Waals surface area contributed by atoms with E-state index < -0.39 is 12.5 Å². The fourth-order valence-electron chi connectivity index (χ4n) is 1.56. The van der Waals surface area contributed by atoms with E-state index in [1.807, 2.05) is 0 Å². The highest BCUT2D eigenvalue weighted by molar-refractivity contribution is 6.42. The molecule has 1 amide bonds. The summed E-state index contributed by atoms with van der Waals surface area (Å²) in [5, 5.41) is 3.22. The summed E-state index contributed by atoms with van der Waals surface area (Å²) in [4.78, 5) is 12.0. The van der Waals surface area contributed by atoms with E-state index >= 15 is 0 Å². The van der Waals surface area contributed by atoms with Crippen LogP contribution in [-0.4, -0.2) is 12.5 Å². The highest BCUT2D eigenvalue weighted by atomic mass is 35.5. The minimum atomic E-state index is -2.89. The molecule has 0 fully saturated rings. The Morgan fingerprint density at radius 3 is 2.29 bits per heavy atom. The van der Waals surface area contributed by atoms with Gasteiger partial charge in [0.15, 0.2) is 0 Å². The van der Waals surface area contributed by atoms with Gasteiger partial charge in [-0.05, 0) is 42.5 Å². The van der Waals surface area contributed by atoms with Crippen molar-refractivity contribution in [1.29, 1.82) is 0 Å². The lowest BCUT2D eigenvalue weighted by Crippen LogP contribution is -2.11. The number of benzene rings is 2. The summed E-state index contributed by atoms with van der Waals surface area (Å²) < 4.78 is 28.2. The standard InChI is InChI=1S/C14H9Cl2F2NO2/c15-11-6-1-8(7-12(11)16)13(20)19-9-2-4-10(5-3-9)21-14(17)18/h1-7,14H,(H,19,20). The van der Waals surface area contributed by atoms with Gasteiger partial charge in [-0.25, -0.2) is 0 Å². The zero-order valence-corrected chi connectivity index (χ0v) is 12.0. The van der Waals surface area contributed by atoms with Crippen molar-refractivity contribution >= 4 is 34.8 Å². The van der Waals surface area contributed by atoms with Crippen molar-refractivity contribution in [2.24, 2.45) is 0 Å². The molecule has 0 radical (unpaired) electrons. The van der Waals surface area contributed by atoms with Gasteiger partial charge in [0.05, 0.1) is 10.0 Å². The molecule has 0 spiro atoms. The quantitative estimate of drug-likeness (QED) is 0.869. The number of rotatable bonds is 4. The van der Waals surface area contributed by atoms with Crippen LogP contribution in [0.15, 0.2) is 42.5 Å². The van der Waals surface area contributed by atoms with Crippen molar-refractivity contribution < 1.29 is 18.3 Å². The predicted molar refractivity (Wildman–Crippen MR) is 77.5 cm³/mol. The van der Waals surface area contributed by atoms with Crippen molar-refractivity contribution in [3.8, 4) is 5.75 Å². The number of carbonyl (C=O) groups is 1. The van der Waals surface area contributed by atoms with Crippen LogP contribution in [0.1, 0.15) is 10.4 Å². The number of alkyl halides is 2. The molecule has 2 aromatic carbocycles. The second-order valence-corrected chi connectivity index (χ2v) is 4.80. The van der Waals surface area contributed by atoms with E-state index in [9.17, 15) is 13.6 Å². The van der Waals surface area contributed by atoms with Gasteiger partial charge in [0, 0.05) is 11.3 Å². The fraction of sp³-hybridized carbons (Fsp3) is 0.0714. The number of anilines is 1. The molecule has 2 rings (SSSR count). The molecule has 0 aliphatic rings. The zero-order valence-electron chi connectivity index (χ0n) is 10.4. The molecule has 7 heteroatoms.